The Bertz CT molecular complexity index is 1170. The molecule has 1 aliphatic rings. The van der Waals surface area contributed by atoms with E-state index in [-0.39, 0.29) is 23.8 Å². The Hall–Kier alpha value is -2.51. The smallest absolute Gasteiger partial charge is 0.226 e. The lowest BCUT2D eigenvalue weighted by Gasteiger charge is -2.23. The van der Waals surface area contributed by atoms with Crippen LogP contribution in [0, 0.1) is 6.92 Å². The highest BCUT2D eigenvalue weighted by Gasteiger charge is 2.39. The summed E-state index contributed by atoms with van der Waals surface area (Å²) >= 11 is 1.57. The highest BCUT2D eigenvalue weighted by Crippen LogP contribution is 2.36. The summed E-state index contributed by atoms with van der Waals surface area (Å²) in [6.45, 7) is 3.84. The average Bonchev–Trinajstić information content (AvgIpc) is 3.23. The molecule has 30 heavy (non-hydrogen) atoms. The van der Waals surface area contributed by atoms with E-state index in [1.165, 1.54) is 5.56 Å². The van der Waals surface area contributed by atoms with Gasteiger partial charge < -0.3 is 5.32 Å². The maximum absolute atomic E-state index is 12.8. The van der Waals surface area contributed by atoms with Crippen LogP contribution in [0.1, 0.15) is 24.6 Å². The topological polar surface area (TPSA) is 76.1 Å². The van der Waals surface area contributed by atoms with Gasteiger partial charge in [-0.3, -0.25) is 4.79 Å². The molecule has 0 saturated carbocycles. The van der Waals surface area contributed by atoms with Gasteiger partial charge in [0.05, 0.1) is 34.0 Å². The zero-order valence-corrected chi connectivity index (χ0v) is 18.6. The monoisotopic (exact) mass is 440 g/mol. The van der Waals surface area contributed by atoms with Crippen molar-refractivity contribution in [2.75, 3.05) is 11.5 Å². The molecular weight excluding hydrogens is 416 g/mol. The number of aryl methyl sites for hydroxylation is 1. The molecule has 1 N–H and O–H groups in total. The fraction of sp³-hybridized carbons (Fsp3) is 0.304. The Labute approximate surface area is 181 Å². The van der Waals surface area contributed by atoms with Crippen molar-refractivity contribution in [2.24, 2.45) is 0 Å². The molecule has 5 nitrogen and oxygen atoms in total. The van der Waals surface area contributed by atoms with E-state index in [0.29, 0.717) is 12.1 Å². The lowest BCUT2D eigenvalue weighted by Crippen LogP contribution is -2.47. The second kappa shape index (κ2) is 7.96. The Balaban J connectivity index is 1.63. The van der Waals surface area contributed by atoms with Crippen LogP contribution in [0.25, 0.3) is 21.0 Å². The third-order valence-electron chi connectivity index (χ3n) is 5.30. The van der Waals surface area contributed by atoms with E-state index in [4.69, 9.17) is 4.98 Å². The predicted octanol–water partition coefficient (Wildman–Crippen LogP) is 4.02. The van der Waals surface area contributed by atoms with Crippen LogP contribution in [-0.4, -0.2) is 36.4 Å². The molecule has 156 valence electrons. The number of amides is 1. The number of rotatable bonds is 5. The van der Waals surface area contributed by atoms with Gasteiger partial charge in [-0.2, -0.15) is 0 Å². The van der Waals surface area contributed by atoms with Crippen LogP contribution in [0.4, 0.5) is 0 Å². The first-order valence-corrected chi connectivity index (χ1v) is 12.5. The minimum atomic E-state index is -3.09. The quantitative estimate of drug-likeness (QED) is 0.650. The third kappa shape index (κ3) is 4.63. The van der Waals surface area contributed by atoms with Crippen LogP contribution in [0.5, 0.6) is 0 Å². The Morgan fingerprint density at radius 3 is 2.43 bits per heavy atom. The molecule has 3 aromatic rings. The third-order valence-corrected chi connectivity index (χ3v) is 8.40. The number of thiazole rings is 1. The second-order valence-electron chi connectivity index (χ2n) is 8.15. The number of sulfone groups is 1. The molecular formula is C23H24N2O3S2. The minimum Gasteiger partial charge on any atom is -0.350 e. The maximum Gasteiger partial charge on any atom is 0.226 e. The number of nitrogens with zero attached hydrogens (tertiary/aromatic N) is 1. The molecule has 2 aromatic carbocycles. The molecule has 0 unspecified atom stereocenters. The Morgan fingerprint density at radius 2 is 1.80 bits per heavy atom. The van der Waals surface area contributed by atoms with E-state index in [1.807, 2.05) is 61.5 Å². The average molecular weight is 441 g/mol. The summed E-state index contributed by atoms with van der Waals surface area (Å²) < 4.78 is 23.7. The largest absolute Gasteiger partial charge is 0.350 e. The summed E-state index contributed by atoms with van der Waals surface area (Å²) in [7, 11) is -3.09. The van der Waals surface area contributed by atoms with Crippen molar-refractivity contribution in [3.05, 3.63) is 65.9 Å². The van der Waals surface area contributed by atoms with Crippen LogP contribution >= 0.6 is 11.3 Å². The molecule has 1 fully saturated rings. The van der Waals surface area contributed by atoms with Gasteiger partial charge in [-0.25, -0.2) is 13.4 Å². The van der Waals surface area contributed by atoms with E-state index in [2.05, 4.69) is 5.32 Å². The van der Waals surface area contributed by atoms with Crippen molar-refractivity contribution in [2.45, 2.75) is 32.2 Å². The number of aromatic nitrogens is 1. The van der Waals surface area contributed by atoms with Gasteiger partial charge in [-0.05, 0) is 25.8 Å². The molecule has 7 heteroatoms. The van der Waals surface area contributed by atoms with Crippen LogP contribution in [-0.2, 0) is 21.1 Å². The van der Waals surface area contributed by atoms with Gasteiger partial charge in [0, 0.05) is 5.56 Å². The fourth-order valence-corrected chi connectivity index (χ4v) is 6.93. The van der Waals surface area contributed by atoms with Gasteiger partial charge in [0.15, 0.2) is 9.84 Å². The van der Waals surface area contributed by atoms with Crippen molar-refractivity contribution in [1.29, 1.82) is 0 Å². The molecule has 1 aromatic heterocycles. The summed E-state index contributed by atoms with van der Waals surface area (Å²) in [5.74, 6) is -0.0938. The van der Waals surface area contributed by atoms with Gasteiger partial charge >= 0.3 is 0 Å². The van der Waals surface area contributed by atoms with Crippen molar-refractivity contribution in [1.82, 2.24) is 10.3 Å². The lowest BCUT2D eigenvalue weighted by molar-refractivity contribution is -0.121. The highest BCUT2D eigenvalue weighted by molar-refractivity contribution is 7.91. The molecule has 0 radical (unpaired) electrons. The summed E-state index contributed by atoms with van der Waals surface area (Å²) in [4.78, 5) is 18.6. The molecule has 0 spiro atoms. The van der Waals surface area contributed by atoms with Gasteiger partial charge in [-0.1, -0.05) is 60.2 Å². The SMILES string of the molecule is Cc1ccc(-c2sc(-c3ccccc3)nc2CC(=O)N[C@]2(C)CCS(=O)(=O)C2)cc1. The second-order valence-corrected chi connectivity index (χ2v) is 11.3. The first-order valence-electron chi connectivity index (χ1n) is 9.87. The summed E-state index contributed by atoms with van der Waals surface area (Å²) in [6, 6.07) is 18.1. The normalized spacial score (nSPS) is 20.2. The summed E-state index contributed by atoms with van der Waals surface area (Å²) in [5.41, 5.74) is 3.21. The lowest BCUT2D eigenvalue weighted by atomic mass is 10.0. The molecule has 2 heterocycles. The Kier molecular flexibility index (Phi) is 5.51. The maximum atomic E-state index is 12.8. The van der Waals surface area contributed by atoms with Crippen LogP contribution in [0.3, 0.4) is 0 Å². The van der Waals surface area contributed by atoms with Crippen LogP contribution in [0.15, 0.2) is 54.6 Å². The predicted molar refractivity (Wildman–Crippen MR) is 121 cm³/mol. The number of hydrogen-bond donors (Lipinski definition) is 1. The molecule has 0 bridgehead atoms. The van der Waals surface area contributed by atoms with E-state index >= 15 is 0 Å². The van der Waals surface area contributed by atoms with E-state index in [9.17, 15) is 13.2 Å². The minimum absolute atomic E-state index is 0.0110. The summed E-state index contributed by atoms with van der Waals surface area (Å²) in [5, 5.41) is 3.81. The van der Waals surface area contributed by atoms with Crippen molar-refractivity contribution < 1.29 is 13.2 Å². The number of benzene rings is 2. The van der Waals surface area contributed by atoms with Crippen LogP contribution in [0.2, 0.25) is 0 Å². The number of carbonyl (C=O) groups is 1. The standard InChI is InChI=1S/C23H24N2O3S2/c1-16-8-10-17(11-9-16)21-19(24-22(29-21)18-6-4-3-5-7-18)14-20(26)25-23(2)12-13-30(27,28)15-23/h3-11H,12-15H2,1-2H3,(H,25,26)/t23-/m1/s1. The van der Waals surface area contributed by atoms with Crippen LogP contribution < -0.4 is 5.32 Å². The molecule has 1 aliphatic heterocycles. The fourth-order valence-electron chi connectivity index (χ4n) is 3.75. The number of nitrogens with one attached hydrogen (secondary N) is 1. The molecule has 4 rings (SSSR count). The first-order chi connectivity index (χ1) is 14.2. The Morgan fingerprint density at radius 1 is 1.10 bits per heavy atom. The molecule has 1 amide bonds. The van der Waals surface area contributed by atoms with E-state index in [0.717, 1.165) is 21.0 Å². The highest BCUT2D eigenvalue weighted by atomic mass is 32.2. The van der Waals surface area contributed by atoms with Crippen molar-refractivity contribution >= 4 is 27.1 Å². The van der Waals surface area contributed by atoms with Gasteiger partial charge in [-0.15, -0.1) is 11.3 Å². The first kappa shape index (κ1) is 20.8. The zero-order chi connectivity index (χ0) is 21.4. The summed E-state index contributed by atoms with van der Waals surface area (Å²) in [6.07, 6.45) is 0.556. The van der Waals surface area contributed by atoms with Gasteiger partial charge in [0.25, 0.3) is 0 Å². The number of carbonyl (C=O) groups excluding carboxylic acids is 1. The van der Waals surface area contributed by atoms with Crippen molar-refractivity contribution in [3.8, 4) is 21.0 Å². The molecule has 1 atom stereocenters. The van der Waals surface area contributed by atoms with Gasteiger partial charge in [0.1, 0.15) is 5.01 Å². The van der Waals surface area contributed by atoms with E-state index < -0.39 is 15.4 Å². The zero-order valence-electron chi connectivity index (χ0n) is 17.0. The molecule has 1 saturated heterocycles. The number of hydrogen-bond acceptors (Lipinski definition) is 5. The van der Waals surface area contributed by atoms with Gasteiger partial charge in [0.2, 0.25) is 5.91 Å². The molecule has 0 aliphatic carbocycles. The van der Waals surface area contributed by atoms with E-state index in [1.54, 1.807) is 18.3 Å². The van der Waals surface area contributed by atoms with Crippen molar-refractivity contribution in [3.63, 3.8) is 0 Å².